The van der Waals surface area contributed by atoms with Gasteiger partial charge in [0.05, 0.1) is 6.61 Å². The highest BCUT2D eigenvalue weighted by atomic mass is 16.8. The van der Waals surface area contributed by atoms with Crippen LogP contribution in [-0.4, -0.2) is 12.8 Å². The Kier molecular flexibility index (Phi) is 6.18. The summed E-state index contributed by atoms with van der Waals surface area (Å²) in [4.78, 5) is 12.2. The molecule has 2 aromatic rings. The van der Waals surface area contributed by atoms with Crippen molar-refractivity contribution in [1.82, 2.24) is 0 Å². The van der Waals surface area contributed by atoms with Crippen LogP contribution in [0.5, 0.6) is 5.75 Å². The van der Waals surface area contributed by atoms with Gasteiger partial charge < -0.3 is 14.2 Å². The van der Waals surface area contributed by atoms with Crippen molar-refractivity contribution in [2.75, 3.05) is 6.61 Å². The van der Waals surface area contributed by atoms with Crippen LogP contribution >= 0.6 is 0 Å². The van der Waals surface area contributed by atoms with Crippen molar-refractivity contribution < 1.29 is 19.0 Å². The molecule has 0 aliphatic rings. The van der Waals surface area contributed by atoms with E-state index in [1.165, 1.54) is 0 Å². The number of para-hydroxylation sites is 1. The lowest BCUT2D eigenvalue weighted by Crippen LogP contribution is -2.36. The van der Waals surface area contributed by atoms with Gasteiger partial charge in [-0.1, -0.05) is 62.4 Å². The summed E-state index contributed by atoms with van der Waals surface area (Å²) < 4.78 is 16.7. The third-order valence-electron chi connectivity index (χ3n) is 3.41. The molecule has 0 spiro atoms. The SMILES string of the molecule is CCCOC(CC)(OC(=O)Oc1ccccc1)c1ccccc1. The summed E-state index contributed by atoms with van der Waals surface area (Å²) in [5.41, 5.74) is 0.793. The van der Waals surface area contributed by atoms with Crippen molar-refractivity contribution in [2.24, 2.45) is 0 Å². The van der Waals surface area contributed by atoms with Crippen molar-refractivity contribution in [1.29, 1.82) is 0 Å². The van der Waals surface area contributed by atoms with E-state index in [1.54, 1.807) is 24.3 Å². The second-order valence-corrected chi connectivity index (χ2v) is 5.09. The number of rotatable bonds is 7. The summed E-state index contributed by atoms with van der Waals surface area (Å²) in [5, 5.41) is 0. The smallest absolute Gasteiger partial charge is 0.397 e. The van der Waals surface area contributed by atoms with E-state index >= 15 is 0 Å². The normalized spacial score (nSPS) is 13.1. The second-order valence-electron chi connectivity index (χ2n) is 5.09. The summed E-state index contributed by atoms with van der Waals surface area (Å²) in [7, 11) is 0. The maximum absolute atomic E-state index is 12.2. The van der Waals surface area contributed by atoms with E-state index in [2.05, 4.69) is 0 Å². The highest BCUT2D eigenvalue weighted by molar-refractivity contribution is 5.64. The van der Waals surface area contributed by atoms with Crippen molar-refractivity contribution in [3.63, 3.8) is 0 Å². The maximum atomic E-state index is 12.2. The molecule has 0 saturated carbocycles. The van der Waals surface area contributed by atoms with E-state index < -0.39 is 11.9 Å². The molecule has 0 aliphatic heterocycles. The van der Waals surface area contributed by atoms with E-state index in [-0.39, 0.29) is 0 Å². The van der Waals surface area contributed by atoms with Gasteiger partial charge in [-0.25, -0.2) is 4.79 Å². The van der Waals surface area contributed by atoms with Crippen LogP contribution in [0.2, 0.25) is 0 Å². The van der Waals surface area contributed by atoms with Crippen LogP contribution in [-0.2, 0) is 15.3 Å². The molecular weight excluding hydrogens is 292 g/mol. The van der Waals surface area contributed by atoms with E-state index in [1.807, 2.05) is 50.2 Å². The highest BCUT2D eigenvalue weighted by Crippen LogP contribution is 2.32. The fourth-order valence-corrected chi connectivity index (χ4v) is 2.25. The first-order valence-corrected chi connectivity index (χ1v) is 7.85. The topological polar surface area (TPSA) is 44.8 Å². The van der Waals surface area contributed by atoms with E-state index in [0.29, 0.717) is 18.8 Å². The molecule has 0 heterocycles. The fourth-order valence-electron chi connectivity index (χ4n) is 2.25. The van der Waals surface area contributed by atoms with Gasteiger partial charge in [-0.3, -0.25) is 0 Å². The first-order valence-electron chi connectivity index (χ1n) is 7.85. The van der Waals surface area contributed by atoms with Crippen molar-refractivity contribution in [3.8, 4) is 5.75 Å². The molecule has 0 N–H and O–H groups in total. The zero-order valence-corrected chi connectivity index (χ0v) is 13.5. The Bertz CT molecular complexity index is 597. The number of hydrogen-bond donors (Lipinski definition) is 0. The van der Waals surface area contributed by atoms with Crippen LogP contribution < -0.4 is 4.74 Å². The molecule has 4 nitrogen and oxygen atoms in total. The van der Waals surface area contributed by atoms with Crippen LogP contribution in [0, 0.1) is 0 Å². The number of hydrogen-bond acceptors (Lipinski definition) is 4. The highest BCUT2D eigenvalue weighted by Gasteiger charge is 2.36. The minimum atomic E-state index is -1.14. The van der Waals surface area contributed by atoms with Gasteiger partial charge in [-0.2, -0.15) is 0 Å². The quantitative estimate of drug-likeness (QED) is 0.414. The molecule has 1 unspecified atom stereocenters. The lowest BCUT2D eigenvalue weighted by Gasteiger charge is -2.32. The Labute approximate surface area is 137 Å². The predicted molar refractivity (Wildman–Crippen MR) is 88.2 cm³/mol. The molecule has 0 amide bonds. The van der Waals surface area contributed by atoms with Crippen molar-refractivity contribution in [3.05, 3.63) is 66.2 Å². The molecule has 122 valence electrons. The summed E-state index contributed by atoms with van der Waals surface area (Å²) >= 11 is 0. The summed E-state index contributed by atoms with van der Waals surface area (Å²) in [6.45, 7) is 4.41. The molecule has 1 atom stereocenters. The number of ether oxygens (including phenoxy) is 3. The Morgan fingerprint density at radius 1 is 0.957 bits per heavy atom. The summed E-state index contributed by atoms with van der Waals surface area (Å²) in [5.74, 6) is -0.700. The maximum Gasteiger partial charge on any atom is 0.516 e. The molecule has 0 aliphatic carbocycles. The molecule has 0 fully saturated rings. The van der Waals surface area contributed by atoms with Crippen molar-refractivity contribution in [2.45, 2.75) is 32.5 Å². The van der Waals surface area contributed by atoms with Gasteiger partial charge >= 0.3 is 6.16 Å². The lowest BCUT2D eigenvalue weighted by atomic mass is 10.0. The van der Waals surface area contributed by atoms with Crippen molar-refractivity contribution >= 4 is 6.16 Å². The molecule has 0 saturated heterocycles. The van der Waals surface area contributed by atoms with Gasteiger partial charge in [0.15, 0.2) is 0 Å². The molecule has 0 bridgehead atoms. The number of carbonyl (C=O) groups is 1. The Morgan fingerprint density at radius 3 is 2.13 bits per heavy atom. The van der Waals surface area contributed by atoms with Gasteiger partial charge in [0.2, 0.25) is 5.79 Å². The van der Waals surface area contributed by atoms with Gasteiger partial charge in [0, 0.05) is 12.0 Å². The van der Waals surface area contributed by atoms with Crippen LogP contribution in [0.3, 0.4) is 0 Å². The molecular formula is C19H22O4. The first-order chi connectivity index (χ1) is 11.2. The van der Waals surface area contributed by atoms with Crippen LogP contribution in [0.15, 0.2) is 60.7 Å². The van der Waals surface area contributed by atoms with Gasteiger partial charge in [-0.05, 0) is 18.6 Å². The summed E-state index contributed by atoms with van der Waals surface area (Å²) in [6, 6.07) is 18.3. The average molecular weight is 314 g/mol. The molecule has 23 heavy (non-hydrogen) atoms. The van der Waals surface area contributed by atoms with E-state index in [4.69, 9.17) is 14.2 Å². The first kappa shape index (κ1) is 17.0. The Balaban J connectivity index is 2.18. The molecule has 0 aromatic heterocycles. The number of benzene rings is 2. The zero-order valence-electron chi connectivity index (χ0n) is 13.5. The van der Waals surface area contributed by atoms with E-state index in [0.717, 1.165) is 12.0 Å². The molecule has 4 heteroatoms. The molecule has 2 rings (SSSR count). The van der Waals surface area contributed by atoms with Crippen LogP contribution in [0.25, 0.3) is 0 Å². The largest absolute Gasteiger partial charge is 0.516 e. The standard InChI is InChI=1S/C19H22O4/c1-3-15-21-19(4-2,16-11-7-5-8-12-16)23-18(20)22-17-13-9-6-10-14-17/h5-14H,3-4,15H2,1-2H3. The minimum Gasteiger partial charge on any atom is -0.397 e. The Hall–Kier alpha value is -2.33. The monoisotopic (exact) mass is 314 g/mol. The molecule has 2 aromatic carbocycles. The fraction of sp³-hybridized carbons (Fsp3) is 0.316. The van der Waals surface area contributed by atoms with Crippen LogP contribution in [0.4, 0.5) is 4.79 Å². The zero-order chi connectivity index (χ0) is 16.5. The Morgan fingerprint density at radius 2 is 1.57 bits per heavy atom. The van der Waals surface area contributed by atoms with Gasteiger partial charge in [0.1, 0.15) is 5.75 Å². The second kappa shape index (κ2) is 8.34. The molecule has 0 radical (unpaired) electrons. The van der Waals surface area contributed by atoms with Crippen LogP contribution in [0.1, 0.15) is 32.3 Å². The lowest BCUT2D eigenvalue weighted by molar-refractivity contribution is -0.219. The van der Waals surface area contributed by atoms with Gasteiger partial charge in [0.25, 0.3) is 0 Å². The third kappa shape index (κ3) is 4.57. The predicted octanol–water partition coefficient (Wildman–Crippen LogP) is 4.89. The summed E-state index contributed by atoms with van der Waals surface area (Å²) in [6.07, 6.45) is 0.532. The minimum absolute atomic E-state index is 0.436. The van der Waals surface area contributed by atoms with E-state index in [9.17, 15) is 4.79 Å². The average Bonchev–Trinajstić information content (AvgIpc) is 2.60. The third-order valence-corrected chi connectivity index (χ3v) is 3.41. The number of carbonyl (C=O) groups excluding carboxylic acids is 1. The van der Waals surface area contributed by atoms with Gasteiger partial charge in [-0.15, -0.1) is 0 Å².